The van der Waals surface area contributed by atoms with Gasteiger partial charge in [-0.1, -0.05) is 42.5 Å². The topological polar surface area (TPSA) is 33.1 Å². The Balaban J connectivity index is 2.17. The van der Waals surface area contributed by atoms with Gasteiger partial charge in [-0.2, -0.15) is 0 Å². The van der Waals surface area contributed by atoms with Crippen LogP contribution >= 0.6 is 0 Å². The Morgan fingerprint density at radius 2 is 1.75 bits per heavy atom. The number of pyridine rings is 1. The predicted molar refractivity (Wildman–Crippen MR) is 65.5 cm³/mol. The van der Waals surface area contributed by atoms with E-state index in [1.807, 2.05) is 48.6 Å². The molecule has 16 heavy (non-hydrogen) atoms. The van der Waals surface area contributed by atoms with Crippen molar-refractivity contribution in [2.45, 2.75) is 6.61 Å². The lowest BCUT2D eigenvalue weighted by molar-refractivity contribution is 0.281. The Hall–Kier alpha value is -1.93. The molecule has 2 heteroatoms. The van der Waals surface area contributed by atoms with Crippen LogP contribution in [-0.4, -0.2) is 10.1 Å². The minimum atomic E-state index is 0.0278. The third-order valence-corrected chi connectivity index (χ3v) is 2.27. The molecule has 0 amide bonds. The van der Waals surface area contributed by atoms with Gasteiger partial charge in [-0.05, 0) is 22.8 Å². The van der Waals surface area contributed by atoms with Crippen LogP contribution in [-0.2, 0) is 6.61 Å². The van der Waals surface area contributed by atoms with E-state index in [4.69, 9.17) is 5.11 Å². The fourth-order valence-electron chi connectivity index (χ4n) is 1.44. The first kappa shape index (κ1) is 10.6. The van der Waals surface area contributed by atoms with Crippen molar-refractivity contribution in [1.29, 1.82) is 0 Å². The van der Waals surface area contributed by atoms with Gasteiger partial charge in [-0.25, -0.2) is 0 Å². The van der Waals surface area contributed by atoms with Gasteiger partial charge in [0.05, 0.1) is 6.61 Å². The fourth-order valence-corrected chi connectivity index (χ4v) is 1.44. The first-order valence-corrected chi connectivity index (χ1v) is 5.16. The van der Waals surface area contributed by atoms with Gasteiger partial charge >= 0.3 is 0 Å². The van der Waals surface area contributed by atoms with Crippen LogP contribution in [0.25, 0.3) is 12.2 Å². The normalized spacial score (nSPS) is 10.8. The molecule has 0 spiro atoms. The number of hydrogen-bond acceptors (Lipinski definition) is 2. The summed E-state index contributed by atoms with van der Waals surface area (Å²) in [6, 6.07) is 12.0. The van der Waals surface area contributed by atoms with Gasteiger partial charge in [0.2, 0.25) is 0 Å². The van der Waals surface area contributed by atoms with Crippen LogP contribution in [0, 0.1) is 0 Å². The van der Waals surface area contributed by atoms with Crippen molar-refractivity contribution in [2.24, 2.45) is 0 Å². The summed E-state index contributed by atoms with van der Waals surface area (Å²) >= 11 is 0. The maximum atomic E-state index is 8.98. The van der Waals surface area contributed by atoms with Crippen molar-refractivity contribution in [1.82, 2.24) is 4.98 Å². The van der Waals surface area contributed by atoms with E-state index in [0.29, 0.717) is 0 Å². The molecule has 1 N–H and O–H groups in total. The molecular formula is C14H13NO. The van der Waals surface area contributed by atoms with Crippen molar-refractivity contribution in [2.75, 3.05) is 0 Å². The van der Waals surface area contributed by atoms with Crippen molar-refractivity contribution in [3.8, 4) is 0 Å². The number of aromatic nitrogens is 1. The average Bonchev–Trinajstić information content (AvgIpc) is 2.38. The van der Waals surface area contributed by atoms with Crippen molar-refractivity contribution < 1.29 is 5.11 Å². The zero-order valence-corrected chi connectivity index (χ0v) is 8.88. The fraction of sp³-hybridized carbons (Fsp3) is 0.0714. The second-order valence-corrected chi connectivity index (χ2v) is 3.53. The molecule has 0 aliphatic rings. The molecule has 0 bridgehead atoms. The van der Waals surface area contributed by atoms with Crippen LogP contribution < -0.4 is 0 Å². The van der Waals surface area contributed by atoms with Crippen molar-refractivity contribution in [3.63, 3.8) is 0 Å². The summed E-state index contributed by atoms with van der Waals surface area (Å²) in [6.07, 6.45) is 7.46. The highest BCUT2D eigenvalue weighted by molar-refractivity contribution is 5.69. The SMILES string of the molecule is OCc1cncc(C=Cc2ccccc2)c1. The first-order valence-electron chi connectivity index (χ1n) is 5.16. The second kappa shape index (κ2) is 5.24. The third-order valence-electron chi connectivity index (χ3n) is 2.27. The molecule has 2 rings (SSSR count). The highest BCUT2D eigenvalue weighted by Gasteiger charge is 1.92. The van der Waals surface area contributed by atoms with Gasteiger partial charge in [0.1, 0.15) is 0 Å². The van der Waals surface area contributed by atoms with Crippen molar-refractivity contribution >= 4 is 12.2 Å². The molecule has 0 aliphatic carbocycles. The van der Waals surface area contributed by atoms with Crippen LogP contribution in [0.4, 0.5) is 0 Å². The number of hydrogen-bond donors (Lipinski definition) is 1. The van der Waals surface area contributed by atoms with Gasteiger partial charge in [0.25, 0.3) is 0 Å². The van der Waals surface area contributed by atoms with Gasteiger partial charge in [0, 0.05) is 12.4 Å². The second-order valence-electron chi connectivity index (χ2n) is 3.53. The summed E-state index contributed by atoms with van der Waals surface area (Å²) in [7, 11) is 0. The van der Waals surface area contributed by atoms with Gasteiger partial charge in [-0.3, -0.25) is 4.98 Å². The van der Waals surface area contributed by atoms with Gasteiger partial charge in [-0.15, -0.1) is 0 Å². The molecule has 0 atom stereocenters. The number of nitrogens with zero attached hydrogens (tertiary/aromatic N) is 1. The average molecular weight is 211 g/mol. The molecule has 0 fully saturated rings. The number of rotatable bonds is 3. The lowest BCUT2D eigenvalue weighted by Crippen LogP contribution is -1.85. The zero-order chi connectivity index (χ0) is 11.2. The zero-order valence-electron chi connectivity index (χ0n) is 8.88. The Bertz CT molecular complexity index is 477. The summed E-state index contributed by atoms with van der Waals surface area (Å²) < 4.78 is 0. The summed E-state index contributed by atoms with van der Waals surface area (Å²) in [5.74, 6) is 0. The summed E-state index contributed by atoms with van der Waals surface area (Å²) in [5.41, 5.74) is 2.97. The van der Waals surface area contributed by atoms with E-state index >= 15 is 0 Å². The Morgan fingerprint density at radius 3 is 2.50 bits per heavy atom. The molecule has 2 aromatic rings. The maximum Gasteiger partial charge on any atom is 0.0697 e. The van der Waals surface area contributed by atoms with Gasteiger partial charge in [0.15, 0.2) is 0 Å². The van der Waals surface area contributed by atoms with Crippen LogP contribution in [0.5, 0.6) is 0 Å². The molecule has 0 radical (unpaired) electrons. The van der Waals surface area contributed by atoms with E-state index in [9.17, 15) is 0 Å². The molecule has 2 nitrogen and oxygen atoms in total. The molecule has 0 unspecified atom stereocenters. The third kappa shape index (κ3) is 2.78. The van der Waals surface area contributed by atoms with E-state index in [1.54, 1.807) is 12.4 Å². The lowest BCUT2D eigenvalue weighted by Gasteiger charge is -1.97. The number of aliphatic hydroxyl groups is 1. The van der Waals surface area contributed by atoms with E-state index in [2.05, 4.69) is 4.98 Å². The monoisotopic (exact) mass is 211 g/mol. The summed E-state index contributed by atoms with van der Waals surface area (Å²) in [5, 5.41) is 8.98. The van der Waals surface area contributed by atoms with Gasteiger partial charge < -0.3 is 5.11 Å². The molecule has 0 saturated heterocycles. The quantitative estimate of drug-likeness (QED) is 0.846. The smallest absolute Gasteiger partial charge is 0.0697 e. The highest BCUT2D eigenvalue weighted by Crippen LogP contribution is 2.08. The Morgan fingerprint density at radius 1 is 1.00 bits per heavy atom. The van der Waals surface area contributed by atoms with Crippen LogP contribution in [0.3, 0.4) is 0 Å². The number of benzene rings is 1. The van der Waals surface area contributed by atoms with Crippen molar-refractivity contribution in [3.05, 3.63) is 65.5 Å². The van der Waals surface area contributed by atoms with Crippen LogP contribution in [0.15, 0.2) is 48.8 Å². The molecule has 0 saturated carbocycles. The molecular weight excluding hydrogens is 198 g/mol. The molecule has 0 aliphatic heterocycles. The minimum Gasteiger partial charge on any atom is -0.392 e. The molecule has 80 valence electrons. The lowest BCUT2D eigenvalue weighted by atomic mass is 10.1. The highest BCUT2D eigenvalue weighted by atomic mass is 16.3. The van der Waals surface area contributed by atoms with E-state index in [-0.39, 0.29) is 6.61 Å². The standard InChI is InChI=1S/C14H13NO/c16-11-14-8-13(9-15-10-14)7-6-12-4-2-1-3-5-12/h1-10,16H,11H2. The largest absolute Gasteiger partial charge is 0.392 e. The molecule has 1 aromatic heterocycles. The predicted octanol–water partition coefficient (Wildman–Crippen LogP) is 2.74. The van der Waals surface area contributed by atoms with E-state index in [1.165, 1.54) is 0 Å². The number of aliphatic hydroxyl groups excluding tert-OH is 1. The van der Waals surface area contributed by atoms with E-state index in [0.717, 1.165) is 16.7 Å². The van der Waals surface area contributed by atoms with E-state index < -0.39 is 0 Å². The summed E-state index contributed by atoms with van der Waals surface area (Å²) in [4.78, 5) is 4.06. The minimum absolute atomic E-state index is 0.0278. The first-order chi connectivity index (χ1) is 7.88. The Kier molecular flexibility index (Phi) is 3.46. The Labute approximate surface area is 94.9 Å². The maximum absolute atomic E-state index is 8.98. The van der Waals surface area contributed by atoms with Crippen LogP contribution in [0.2, 0.25) is 0 Å². The van der Waals surface area contributed by atoms with Crippen LogP contribution in [0.1, 0.15) is 16.7 Å². The molecule has 1 heterocycles. The summed E-state index contributed by atoms with van der Waals surface area (Å²) in [6.45, 7) is 0.0278. The molecule has 1 aromatic carbocycles.